The van der Waals surface area contributed by atoms with Crippen molar-refractivity contribution in [3.05, 3.63) is 29.3 Å². The highest BCUT2D eigenvalue weighted by molar-refractivity contribution is 5.43. The number of benzene rings is 1. The number of isocyanates is 1. The van der Waals surface area contributed by atoms with Gasteiger partial charge in [-0.3, -0.25) is 0 Å². The average molecular weight is 245 g/mol. The predicted molar refractivity (Wildman–Crippen MR) is 70.5 cm³/mol. The van der Waals surface area contributed by atoms with Crippen molar-refractivity contribution in [1.29, 1.82) is 0 Å². The number of aliphatic imine (C=N–C) groups is 1. The van der Waals surface area contributed by atoms with E-state index in [4.69, 9.17) is 0 Å². The lowest BCUT2D eigenvalue weighted by Gasteiger charge is -2.24. The van der Waals surface area contributed by atoms with Crippen molar-refractivity contribution in [2.45, 2.75) is 51.0 Å². The summed E-state index contributed by atoms with van der Waals surface area (Å²) in [5.41, 5.74) is 1.58. The third kappa shape index (κ3) is 2.32. The molecule has 0 heterocycles. The molecular formula is C15H19NO2. The van der Waals surface area contributed by atoms with Gasteiger partial charge in [-0.2, -0.15) is 4.99 Å². The van der Waals surface area contributed by atoms with Gasteiger partial charge in [0.2, 0.25) is 6.08 Å². The summed E-state index contributed by atoms with van der Waals surface area (Å²) in [4.78, 5) is 14.7. The maximum absolute atomic E-state index is 10.7. The molecule has 3 heteroatoms. The van der Waals surface area contributed by atoms with Gasteiger partial charge in [0.05, 0.1) is 5.54 Å². The van der Waals surface area contributed by atoms with Gasteiger partial charge in [0.25, 0.3) is 0 Å². The van der Waals surface area contributed by atoms with Crippen LogP contribution in [0.5, 0.6) is 5.75 Å². The number of carbonyl (C=O) groups excluding carboxylic acids is 1. The molecule has 0 aliphatic heterocycles. The quantitative estimate of drug-likeness (QED) is 0.653. The van der Waals surface area contributed by atoms with E-state index in [1.807, 2.05) is 0 Å². The van der Waals surface area contributed by atoms with Crippen molar-refractivity contribution in [3.8, 4) is 5.75 Å². The molecule has 1 aliphatic rings. The summed E-state index contributed by atoms with van der Waals surface area (Å²) in [7, 11) is 0. The fourth-order valence-corrected chi connectivity index (χ4v) is 2.75. The van der Waals surface area contributed by atoms with E-state index >= 15 is 0 Å². The Bertz CT molecular complexity index is 481. The number of hydrogen-bond acceptors (Lipinski definition) is 3. The van der Waals surface area contributed by atoms with Crippen molar-refractivity contribution in [2.24, 2.45) is 4.99 Å². The minimum absolute atomic E-state index is 0.253. The summed E-state index contributed by atoms with van der Waals surface area (Å²) in [6, 6.07) is 5.58. The van der Waals surface area contributed by atoms with Crippen LogP contribution in [0, 0.1) is 0 Å². The molecule has 1 saturated carbocycles. The van der Waals surface area contributed by atoms with Crippen LogP contribution in [0.2, 0.25) is 0 Å². The second-order valence-corrected chi connectivity index (χ2v) is 5.41. The summed E-state index contributed by atoms with van der Waals surface area (Å²) in [6.07, 6.45) is 5.57. The second kappa shape index (κ2) is 4.95. The smallest absolute Gasteiger partial charge is 0.235 e. The lowest BCUT2D eigenvalue weighted by atomic mass is 9.86. The van der Waals surface area contributed by atoms with Crippen LogP contribution >= 0.6 is 0 Å². The van der Waals surface area contributed by atoms with E-state index in [1.54, 1.807) is 18.2 Å². The van der Waals surface area contributed by atoms with Crippen LogP contribution in [-0.4, -0.2) is 11.2 Å². The molecule has 0 radical (unpaired) electrons. The molecule has 0 saturated heterocycles. The molecule has 0 unspecified atom stereocenters. The maximum Gasteiger partial charge on any atom is 0.235 e. The lowest BCUT2D eigenvalue weighted by molar-refractivity contribution is 0.442. The van der Waals surface area contributed by atoms with E-state index < -0.39 is 5.54 Å². The summed E-state index contributed by atoms with van der Waals surface area (Å²) in [5.74, 6) is 0.595. The van der Waals surface area contributed by atoms with Crippen molar-refractivity contribution < 1.29 is 9.90 Å². The number of nitrogens with zero attached hydrogens (tertiary/aromatic N) is 1. The van der Waals surface area contributed by atoms with Crippen LogP contribution in [0.15, 0.2) is 23.2 Å². The maximum atomic E-state index is 10.7. The average Bonchev–Trinajstić information content (AvgIpc) is 2.78. The highest BCUT2D eigenvalue weighted by atomic mass is 16.3. The Hall–Kier alpha value is -1.60. The van der Waals surface area contributed by atoms with E-state index in [2.05, 4.69) is 24.9 Å². The molecular weight excluding hydrogens is 226 g/mol. The normalized spacial score (nSPS) is 17.7. The van der Waals surface area contributed by atoms with Gasteiger partial charge >= 0.3 is 0 Å². The Morgan fingerprint density at radius 1 is 1.28 bits per heavy atom. The topological polar surface area (TPSA) is 49.7 Å². The Morgan fingerprint density at radius 3 is 2.50 bits per heavy atom. The first-order valence-corrected chi connectivity index (χ1v) is 6.51. The molecule has 0 bridgehead atoms. The number of phenols is 1. The minimum atomic E-state index is -0.454. The predicted octanol–water partition coefficient (Wildman–Crippen LogP) is 3.62. The molecule has 1 aromatic rings. The Labute approximate surface area is 108 Å². The van der Waals surface area contributed by atoms with Gasteiger partial charge in [-0.1, -0.05) is 32.8 Å². The summed E-state index contributed by atoms with van der Waals surface area (Å²) >= 11 is 0. The molecule has 0 amide bonds. The molecule has 0 atom stereocenters. The molecule has 0 spiro atoms. The second-order valence-electron chi connectivity index (χ2n) is 5.41. The number of rotatable bonds is 3. The zero-order chi connectivity index (χ0) is 13.2. The zero-order valence-corrected chi connectivity index (χ0v) is 10.9. The van der Waals surface area contributed by atoms with Crippen LogP contribution < -0.4 is 0 Å². The van der Waals surface area contributed by atoms with Crippen LogP contribution in [0.3, 0.4) is 0 Å². The van der Waals surface area contributed by atoms with Gasteiger partial charge < -0.3 is 5.11 Å². The molecule has 96 valence electrons. The van der Waals surface area contributed by atoms with Crippen LogP contribution in [0.1, 0.15) is 56.6 Å². The summed E-state index contributed by atoms with van der Waals surface area (Å²) in [5, 5.41) is 9.85. The summed E-state index contributed by atoms with van der Waals surface area (Å²) in [6.45, 7) is 4.17. The number of phenolic OH excluding ortho intramolecular Hbond substituents is 1. The molecule has 2 rings (SSSR count). The molecule has 1 fully saturated rings. The lowest BCUT2D eigenvalue weighted by Crippen LogP contribution is -2.19. The molecule has 0 aromatic heterocycles. The molecule has 18 heavy (non-hydrogen) atoms. The van der Waals surface area contributed by atoms with Crippen molar-refractivity contribution in [1.82, 2.24) is 0 Å². The third-order valence-electron chi connectivity index (χ3n) is 3.83. The third-order valence-corrected chi connectivity index (χ3v) is 3.83. The first-order valence-electron chi connectivity index (χ1n) is 6.51. The standard InChI is InChI=1S/C15H19NO2/c1-11(2)12-7-13(9-14(18)8-12)15(16-10-17)5-3-4-6-15/h7-9,11,18H,3-6H2,1-2H3. The fourth-order valence-electron chi connectivity index (χ4n) is 2.75. The fraction of sp³-hybridized carbons (Fsp3) is 0.533. The van der Waals surface area contributed by atoms with Crippen LogP contribution in [0.4, 0.5) is 0 Å². The van der Waals surface area contributed by atoms with Crippen LogP contribution in [0.25, 0.3) is 0 Å². The molecule has 1 N–H and O–H groups in total. The monoisotopic (exact) mass is 245 g/mol. The van der Waals surface area contributed by atoms with Crippen molar-refractivity contribution in [3.63, 3.8) is 0 Å². The van der Waals surface area contributed by atoms with Crippen molar-refractivity contribution in [2.75, 3.05) is 0 Å². The van der Waals surface area contributed by atoms with E-state index in [0.29, 0.717) is 5.92 Å². The van der Waals surface area contributed by atoms with Crippen molar-refractivity contribution >= 4 is 6.08 Å². The SMILES string of the molecule is CC(C)c1cc(O)cc(C2(N=C=O)CCCC2)c1. The van der Waals surface area contributed by atoms with Gasteiger partial charge in [0.1, 0.15) is 5.75 Å². The Morgan fingerprint density at radius 2 is 1.94 bits per heavy atom. The van der Waals surface area contributed by atoms with Gasteiger partial charge in [0, 0.05) is 0 Å². The largest absolute Gasteiger partial charge is 0.508 e. The van der Waals surface area contributed by atoms with E-state index in [9.17, 15) is 9.90 Å². The van der Waals surface area contributed by atoms with Gasteiger partial charge in [-0.15, -0.1) is 0 Å². The van der Waals surface area contributed by atoms with E-state index in [-0.39, 0.29) is 5.75 Å². The van der Waals surface area contributed by atoms with Gasteiger partial charge in [0.15, 0.2) is 0 Å². The summed E-state index contributed by atoms with van der Waals surface area (Å²) < 4.78 is 0. The zero-order valence-electron chi connectivity index (χ0n) is 10.9. The van der Waals surface area contributed by atoms with Crippen LogP contribution in [-0.2, 0) is 10.3 Å². The number of aromatic hydroxyl groups is 1. The van der Waals surface area contributed by atoms with E-state index in [0.717, 1.165) is 36.8 Å². The molecule has 1 aliphatic carbocycles. The van der Waals surface area contributed by atoms with Gasteiger partial charge in [-0.05, 0) is 42.0 Å². The Kier molecular flexibility index (Phi) is 3.53. The minimum Gasteiger partial charge on any atom is -0.508 e. The van der Waals surface area contributed by atoms with E-state index in [1.165, 1.54) is 0 Å². The first kappa shape index (κ1) is 12.8. The number of hydrogen-bond donors (Lipinski definition) is 1. The highest BCUT2D eigenvalue weighted by Gasteiger charge is 2.36. The first-order chi connectivity index (χ1) is 8.57. The highest BCUT2D eigenvalue weighted by Crippen LogP contribution is 2.43. The Balaban J connectivity index is 2.51. The molecule has 3 nitrogen and oxygen atoms in total. The van der Waals surface area contributed by atoms with Gasteiger partial charge in [-0.25, -0.2) is 4.79 Å². The molecule has 1 aromatic carbocycles.